The van der Waals surface area contributed by atoms with Crippen LogP contribution in [0.1, 0.15) is 18.4 Å². The molecule has 3 rings (SSSR count). The van der Waals surface area contributed by atoms with E-state index in [1.807, 2.05) is 47.2 Å². The highest BCUT2D eigenvalue weighted by Crippen LogP contribution is 2.14. The Morgan fingerprint density at radius 3 is 2.92 bits per heavy atom. The lowest BCUT2D eigenvalue weighted by atomic mass is 10.2. The van der Waals surface area contributed by atoms with Crippen LogP contribution in [0.25, 0.3) is 0 Å². The van der Waals surface area contributed by atoms with Gasteiger partial charge in [-0.15, -0.1) is 0 Å². The summed E-state index contributed by atoms with van der Waals surface area (Å²) in [5.74, 6) is 0.818. The van der Waals surface area contributed by atoms with Gasteiger partial charge in [0.15, 0.2) is 0 Å². The van der Waals surface area contributed by atoms with E-state index in [2.05, 4.69) is 5.32 Å². The second-order valence-electron chi connectivity index (χ2n) is 6.03. The zero-order chi connectivity index (χ0) is 17.3. The van der Waals surface area contributed by atoms with Gasteiger partial charge in [-0.1, -0.05) is 18.2 Å². The largest absolute Gasteiger partial charge is 0.492 e. The standard InChI is InChI=1S/C19H24N2O3S/c22-19(20-13-16-8-12-25-15-16)21(14-18-7-4-10-23-18)9-11-24-17-5-2-1-3-6-17/h1-3,5-6,8,12,15,18H,4,7,9-11,13-14H2,(H,20,22). The summed E-state index contributed by atoms with van der Waals surface area (Å²) in [5.41, 5.74) is 1.12. The number of amides is 2. The maximum Gasteiger partial charge on any atom is 0.317 e. The number of hydrogen-bond donors (Lipinski definition) is 1. The molecule has 1 atom stereocenters. The molecule has 2 heterocycles. The number of carbonyl (C=O) groups is 1. The molecule has 1 aromatic heterocycles. The fourth-order valence-electron chi connectivity index (χ4n) is 2.78. The third-order valence-electron chi connectivity index (χ3n) is 4.13. The second-order valence-corrected chi connectivity index (χ2v) is 6.81. The molecule has 25 heavy (non-hydrogen) atoms. The van der Waals surface area contributed by atoms with E-state index in [4.69, 9.17) is 9.47 Å². The Morgan fingerprint density at radius 1 is 1.32 bits per heavy atom. The third kappa shape index (κ3) is 5.76. The zero-order valence-electron chi connectivity index (χ0n) is 14.2. The highest BCUT2D eigenvalue weighted by molar-refractivity contribution is 7.07. The molecular weight excluding hydrogens is 336 g/mol. The lowest BCUT2D eigenvalue weighted by Crippen LogP contribution is -2.45. The number of benzene rings is 1. The van der Waals surface area contributed by atoms with Gasteiger partial charge in [-0.25, -0.2) is 4.79 Å². The molecule has 134 valence electrons. The van der Waals surface area contributed by atoms with Crippen LogP contribution in [-0.4, -0.2) is 43.3 Å². The minimum absolute atomic E-state index is 0.0710. The summed E-state index contributed by atoms with van der Waals surface area (Å²) in [6, 6.07) is 11.6. The van der Waals surface area contributed by atoms with Crippen LogP contribution in [0.15, 0.2) is 47.2 Å². The molecule has 2 aromatic rings. The van der Waals surface area contributed by atoms with Crippen LogP contribution >= 0.6 is 11.3 Å². The monoisotopic (exact) mass is 360 g/mol. The van der Waals surface area contributed by atoms with E-state index in [0.29, 0.717) is 26.2 Å². The van der Waals surface area contributed by atoms with Gasteiger partial charge in [0.25, 0.3) is 0 Å². The Kier molecular flexibility index (Phi) is 6.71. The summed E-state index contributed by atoms with van der Waals surface area (Å²) in [7, 11) is 0. The second kappa shape index (κ2) is 9.44. The van der Waals surface area contributed by atoms with Gasteiger partial charge in [0.1, 0.15) is 12.4 Å². The van der Waals surface area contributed by atoms with E-state index in [9.17, 15) is 4.79 Å². The molecule has 1 unspecified atom stereocenters. The molecule has 0 radical (unpaired) electrons. The van der Waals surface area contributed by atoms with Gasteiger partial charge in [0, 0.05) is 19.7 Å². The Balaban J connectivity index is 1.51. The smallest absolute Gasteiger partial charge is 0.317 e. The summed E-state index contributed by atoms with van der Waals surface area (Å²) >= 11 is 1.63. The first kappa shape index (κ1) is 17.8. The van der Waals surface area contributed by atoms with Gasteiger partial charge in [0.2, 0.25) is 0 Å². The molecule has 6 heteroatoms. The lowest BCUT2D eigenvalue weighted by molar-refractivity contribution is 0.0773. The Labute approximate surface area is 152 Å². The van der Waals surface area contributed by atoms with Crippen molar-refractivity contribution in [1.82, 2.24) is 10.2 Å². The SMILES string of the molecule is O=C(NCc1ccsc1)N(CCOc1ccccc1)CC1CCCO1. The van der Waals surface area contributed by atoms with E-state index in [-0.39, 0.29) is 12.1 Å². The Bertz CT molecular complexity index is 627. The molecular formula is C19H24N2O3S. The number of nitrogens with one attached hydrogen (secondary N) is 1. The summed E-state index contributed by atoms with van der Waals surface area (Å²) in [6.07, 6.45) is 2.20. The number of hydrogen-bond acceptors (Lipinski definition) is 4. The molecule has 1 aliphatic rings. The molecule has 0 bridgehead atoms. The Hall–Kier alpha value is -2.05. The van der Waals surface area contributed by atoms with Crippen molar-refractivity contribution < 1.29 is 14.3 Å². The average Bonchev–Trinajstić information content (AvgIpc) is 3.33. The van der Waals surface area contributed by atoms with E-state index in [0.717, 1.165) is 30.8 Å². The molecule has 2 amide bonds. The first-order valence-electron chi connectivity index (χ1n) is 8.64. The summed E-state index contributed by atoms with van der Waals surface area (Å²) < 4.78 is 11.4. The molecule has 0 aliphatic carbocycles. The topological polar surface area (TPSA) is 50.8 Å². The summed E-state index contributed by atoms with van der Waals surface area (Å²) in [5, 5.41) is 7.05. The van der Waals surface area contributed by atoms with E-state index < -0.39 is 0 Å². The van der Waals surface area contributed by atoms with Crippen LogP contribution in [0.2, 0.25) is 0 Å². The van der Waals surface area contributed by atoms with Crippen molar-refractivity contribution in [2.75, 3.05) is 26.3 Å². The number of ether oxygens (including phenoxy) is 2. The van der Waals surface area contributed by atoms with Crippen LogP contribution in [0.3, 0.4) is 0 Å². The van der Waals surface area contributed by atoms with Gasteiger partial charge < -0.3 is 19.7 Å². The van der Waals surface area contributed by atoms with Crippen molar-refractivity contribution in [3.05, 3.63) is 52.7 Å². The predicted octanol–water partition coefficient (Wildman–Crippen LogP) is 3.52. The van der Waals surface area contributed by atoms with Gasteiger partial charge >= 0.3 is 6.03 Å². The molecule has 0 saturated carbocycles. The number of urea groups is 1. The zero-order valence-corrected chi connectivity index (χ0v) is 15.0. The molecule has 5 nitrogen and oxygen atoms in total. The molecule has 0 spiro atoms. The van der Waals surface area contributed by atoms with Crippen molar-refractivity contribution >= 4 is 17.4 Å². The third-order valence-corrected chi connectivity index (χ3v) is 4.86. The fourth-order valence-corrected chi connectivity index (χ4v) is 3.45. The number of carbonyl (C=O) groups excluding carboxylic acids is 1. The number of rotatable bonds is 8. The van der Waals surface area contributed by atoms with E-state index in [1.54, 1.807) is 16.2 Å². The van der Waals surface area contributed by atoms with Crippen LogP contribution < -0.4 is 10.1 Å². The van der Waals surface area contributed by atoms with Gasteiger partial charge in [-0.2, -0.15) is 11.3 Å². The van der Waals surface area contributed by atoms with Gasteiger partial charge in [0.05, 0.1) is 12.6 Å². The quantitative estimate of drug-likeness (QED) is 0.784. The molecule has 1 saturated heterocycles. The Morgan fingerprint density at radius 2 is 2.20 bits per heavy atom. The fraction of sp³-hybridized carbons (Fsp3) is 0.421. The lowest BCUT2D eigenvalue weighted by Gasteiger charge is -2.25. The van der Waals surface area contributed by atoms with Crippen molar-refractivity contribution in [3.8, 4) is 5.75 Å². The van der Waals surface area contributed by atoms with Crippen LogP contribution in [0, 0.1) is 0 Å². The predicted molar refractivity (Wildman–Crippen MR) is 99.0 cm³/mol. The van der Waals surface area contributed by atoms with Crippen molar-refractivity contribution in [1.29, 1.82) is 0 Å². The maximum atomic E-state index is 12.6. The highest BCUT2D eigenvalue weighted by Gasteiger charge is 2.22. The number of thiophene rings is 1. The van der Waals surface area contributed by atoms with Crippen LogP contribution in [0.4, 0.5) is 4.79 Å². The normalized spacial score (nSPS) is 16.6. The summed E-state index contributed by atoms with van der Waals surface area (Å²) in [4.78, 5) is 14.4. The van der Waals surface area contributed by atoms with Crippen molar-refractivity contribution in [2.45, 2.75) is 25.5 Å². The molecule has 1 aromatic carbocycles. The van der Waals surface area contributed by atoms with E-state index in [1.165, 1.54) is 0 Å². The van der Waals surface area contributed by atoms with Crippen LogP contribution in [0.5, 0.6) is 5.75 Å². The minimum Gasteiger partial charge on any atom is -0.492 e. The first-order valence-corrected chi connectivity index (χ1v) is 9.59. The molecule has 1 N–H and O–H groups in total. The summed E-state index contributed by atoms with van der Waals surface area (Å²) in [6.45, 7) is 2.93. The highest BCUT2D eigenvalue weighted by atomic mass is 32.1. The van der Waals surface area contributed by atoms with Crippen molar-refractivity contribution in [3.63, 3.8) is 0 Å². The number of nitrogens with zero attached hydrogens (tertiary/aromatic N) is 1. The molecule has 1 fully saturated rings. The average molecular weight is 360 g/mol. The number of para-hydroxylation sites is 1. The van der Waals surface area contributed by atoms with Gasteiger partial charge in [-0.3, -0.25) is 0 Å². The first-order chi connectivity index (χ1) is 12.3. The minimum atomic E-state index is -0.0710. The molecule has 1 aliphatic heterocycles. The van der Waals surface area contributed by atoms with Gasteiger partial charge in [-0.05, 0) is 47.4 Å². The van der Waals surface area contributed by atoms with E-state index >= 15 is 0 Å². The maximum absolute atomic E-state index is 12.6. The van der Waals surface area contributed by atoms with Crippen molar-refractivity contribution in [2.24, 2.45) is 0 Å². The van der Waals surface area contributed by atoms with Crippen LogP contribution in [-0.2, 0) is 11.3 Å².